The third-order valence-electron chi connectivity index (χ3n) is 4.64. The number of hydrogen-bond donors (Lipinski definition) is 0. The summed E-state index contributed by atoms with van der Waals surface area (Å²) >= 11 is 0. The molecule has 0 aliphatic rings. The van der Waals surface area contributed by atoms with Crippen LogP contribution in [0.2, 0.25) is 0 Å². The Kier molecular flexibility index (Phi) is 4.63. The lowest BCUT2D eigenvalue weighted by molar-refractivity contribution is 1.17. The lowest BCUT2D eigenvalue weighted by atomic mass is 10.0. The maximum Gasteiger partial charge on any atom is -0.0113 e. The standard InChI is InChI=1S/C24H21P/c1-2-22-23-16-10-9-11-19(23)17-18-24(22)25(20-12-5-3-6-13-20)21-14-7-4-8-15-21/h3-18H,2H2,1H3. The Morgan fingerprint density at radius 2 is 1.16 bits per heavy atom. The fourth-order valence-electron chi connectivity index (χ4n) is 3.49. The van der Waals surface area contributed by atoms with Crippen LogP contribution in [0.4, 0.5) is 0 Å². The molecule has 0 N–H and O–H groups in total. The zero-order chi connectivity index (χ0) is 17.1. The highest BCUT2D eigenvalue weighted by atomic mass is 31.1. The smallest absolute Gasteiger partial charge is 0.0113 e. The molecule has 0 spiro atoms. The highest BCUT2D eigenvalue weighted by Crippen LogP contribution is 2.36. The maximum absolute atomic E-state index is 2.35. The van der Waals surface area contributed by atoms with Gasteiger partial charge in [0, 0.05) is 0 Å². The van der Waals surface area contributed by atoms with Crippen molar-refractivity contribution in [2.75, 3.05) is 0 Å². The van der Waals surface area contributed by atoms with Gasteiger partial charge in [0.05, 0.1) is 0 Å². The fraction of sp³-hybridized carbons (Fsp3) is 0.0833. The van der Waals surface area contributed by atoms with Gasteiger partial charge in [-0.1, -0.05) is 104 Å². The minimum atomic E-state index is -0.546. The fourth-order valence-corrected chi connectivity index (χ4v) is 6.05. The van der Waals surface area contributed by atoms with Gasteiger partial charge in [-0.3, -0.25) is 0 Å². The summed E-state index contributed by atoms with van der Waals surface area (Å²) < 4.78 is 0. The van der Waals surface area contributed by atoms with Gasteiger partial charge in [0.2, 0.25) is 0 Å². The Hall–Kier alpha value is -2.43. The van der Waals surface area contributed by atoms with Crippen LogP contribution in [-0.2, 0) is 6.42 Å². The molecule has 0 aliphatic carbocycles. The number of aryl methyl sites for hydroxylation is 1. The van der Waals surface area contributed by atoms with Crippen molar-refractivity contribution in [2.45, 2.75) is 13.3 Å². The van der Waals surface area contributed by atoms with Crippen LogP contribution in [0.3, 0.4) is 0 Å². The van der Waals surface area contributed by atoms with Crippen LogP contribution in [0.5, 0.6) is 0 Å². The molecule has 1 heteroatoms. The first-order valence-corrected chi connectivity index (χ1v) is 10.1. The van der Waals surface area contributed by atoms with Crippen molar-refractivity contribution in [1.29, 1.82) is 0 Å². The summed E-state index contributed by atoms with van der Waals surface area (Å²) in [6.07, 6.45) is 1.05. The van der Waals surface area contributed by atoms with Crippen molar-refractivity contribution in [1.82, 2.24) is 0 Å². The van der Waals surface area contributed by atoms with E-state index >= 15 is 0 Å². The highest BCUT2D eigenvalue weighted by Gasteiger charge is 2.19. The number of benzene rings is 4. The van der Waals surface area contributed by atoms with Crippen LogP contribution in [0, 0.1) is 0 Å². The molecule has 0 amide bonds. The van der Waals surface area contributed by atoms with Crippen molar-refractivity contribution in [2.24, 2.45) is 0 Å². The van der Waals surface area contributed by atoms with E-state index in [0.29, 0.717) is 0 Å². The molecule has 0 nitrogen and oxygen atoms in total. The minimum absolute atomic E-state index is 0.546. The van der Waals surface area contributed by atoms with Gasteiger partial charge in [-0.05, 0) is 46.6 Å². The van der Waals surface area contributed by atoms with E-state index in [2.05, 4.69) is 104 Å². The quantitative estimate of drug-likeness (QED) is 0.450. The molecule has 4 rings (SSSR count). The predicted octanol–water partition coefficient (Wildman–Crippen LogP) is 5.16. The Labute approximate surface area is 150 Å². The van der Waals surface area contributed by atoms with Gasteiger partial charge in [0.25, 0.3) is 0 Å². The zero-order valence-corrected chi connectivity index (χ0v) is 15.3. The Bertz CT molecular complexity index is 935. The number of fused-ring (bicyclic) bond motifs is 1. The van der Waals surface area contributed by atoms with Crippen molar-refractivity contribution < 1.29 is 0 Å². The van der Waals surface area contributed by atoms with Crippen LogP contribution in [0.25, 0.3) is 10.8 Å². The first-order chi connectivity index (χ1) is 12.4. The van der Waals surface area contributed by atoms with Gasteiger partial charge < -0.3 is 0 Å². The number of rotatable bonds is 4. The monoisotopic (exact) mass is 340 g/mol. The first-order valence-electron chi connectivity index (χ1n) is 8.79. The SMILES string of the molecule is CCc1c(P(c2ccccc2)c2ccccc2)ccc2ccccc12. The van der Waals surface area contributed by atoms with E-state index in [1.165, 1.54) is 32.2 Å². The van der Waals surface area contributed by atoms with E-state index in [1.54, 1.807) is 0 Å². The third kappa shape index (κ3) is 3.11. The Morgan fingerprint density at radius 1 is 0.600 bits per heavy atom. The Balaban J connectivity index is 1.98. The molecule has 0 unspecified atom stereocenters. The summed E-state index contributed by atoms with van der Waals surface area (Å²) in [6.45, 7) is 2.27. The normalized spacial score (nSPS) is 11.1. The molecule has 0 saturated heterocycles. The van der Waals surface area contributed by atoms with E-state index < -0.39 is 7.92 Å². The van der Waals surface area contributed by atoms with Crippen molar-refractivity contribution in [3.8, 4) is 0 Å². The average Bonchev–Trinajstić information content (AvgIpc) is 2.69. The lowest BCUT2D eigenvalue weighted by Crippen LogP contribution is -2.23. The highest BCUT2D eigenvalue weighted by molar-refractivity contribution is 7.80. The van der Waals surface area contributed by atoms with Gasteiger partial charge in [0.15, 0.2) is 0 Å². The summed E-state index contributed by atoms with van der Waals surface area (Å²) in [4.78, 5) is 0. The molecule has 25 heavy (non-hydrogen) atoms. The minimum Gasteiger partial charge on any atom is -0.0622 e. The van der Waals surface area contributed by atoms with Gasteiger partial charge in [-0.2, -0.15) is 0 Å². The van der Waals surface area contributed by atoms with E-state index in [9.17, 15) is 0 Å². The average molecular weight is 340 g/mol. The molecule has 0 bridgehead atoms. The molecule has 0 saturated carbocycles. The number of hydrogen-bond acceptors (Lipinski definition) is 0. The third-order valence-corrected chi connectivity index (χ3v) is 7.17. The summed E-state index contributed by atoms with van der Waals surface area (Å²) in [6, 6.07) is 35.3. The van der Waals surface area contributed by atoms with Crippen LogP contribution < -0.4 is 15.9 Å². The van der Waals surface area contributed by atoms with Gasteiger partial charge in [0.1, 0.15) is 0 Å². The molecule has 0 aromatic heterocycles. The van der Waals surface area contributed by atoms with Crippen LogP contribution >= 0.6 is 7.92 Å². The van der Waals surface area contributed by atoms with Crippen LogP contribution in [-0.4, -0.2) is 0 Å². The van der Waals surface area contributed by atoms with Gasteiger partial charge in [-0.15, -0.1) is 0 Å². The van der Waals surface area contributed by atoms with Crippen molar-refractivity contribution >= 4 is 34.6 Å². The zero-order valence-electron chi connectivity index (χ0n) is 14.4. The summed E-state index contributed by atoms with van der Waals surface area (Å²) in [7, 11) is -0.546. The predicted molar refractivity (Wildman–Crippen MR) is 112 cm³/mol. The summed E-state index contributed by atoms with van der Waals surface area (Å²) in [5.74, 6) is 0. The van der Waals surface area contributed by atoms with E-state index in [1.807, 2.05) is 0 Å². The second-order valence-electron chi connectivity index (χ2n) is 6.14. The molecule has 0 radical (unpaired) electrons. The van der Waals surface area contributed by atoms with Crippen LogP contribution in [0.1, 0.15) is 12.5 Å². The first kappa shape index (κ1) is 16.1. The Morgan fingerprint density at radius 3 is 1.76 bits per heavy atom. The lowest BCUT2D eigenvalue weighted by Gasteiger charge is -2.23. The van der Waals surface area contributed by atoms with Gasteiger partial charge in [-0.25, -0.2) is 0 Å². The molecule has 0 fully saturated rings. The van der Waals surface area contributed by atoms with Gasteiger partial charge >= 0.3 is 0 Å². The molecule has 122 valence electrons. The topological polar surface area (TPSA) is 0 Å². The van der Waals surface area contributed by atoms with E-state index in [0.717, 1.165) is 6.42 Å². The molecule has 4 aromatic carbocycles. The molecular weight excluding hydrogens is 319 g/mol. The van der Waals surface area contributed by atoms with Crippen molar-refractivity contribution in [3.63, 3.8) is 0 Å². The summed E-state index contributed by atoms with van der Waals surface area (Å²) in [5.41, 5.74) is 1.48. The molecule has 0 aliphatic heterocycles. The molecule has 0 atom stereocenters. The molecule has 4 aromatic rings. The summed E-state index contributed by atoms with van der Waals surface area (Å²) in [5, 5.41) is 7.02. The maximum atomic E-state index is 2.35. The molecular formula is C24H21P. The van der Waals surface area contributed by atoms with Crippen LogP contribution in [0.15, 0.2) is 97.1 Å². The van der Waals surface area contributed by atoms with E-state index in [4.69, 9.17) is 0 Å². The van der Waals surface area contributed by atoms with E-state index in [-0.39, 0.29) is 0 Å². The largest absolute Gasteiger partial charge is 0.0622 e. The molecule has 0 heterocycles. The van der Waals surface area contributed by atoms with Crippen molar-refractivity contribution in [3.05, 3.63) is 103 Å². The second kappa shape index (κ2) is 7.21. The second-order valence-corrected chi connectivity index (χ2v) is 8.33.